The van der Waals surface area contributed by atoms with E-state index in [2.05, 4.69) is 15.5 Å². The quantitative estimate of drug-likeness (QED) is 0.753. The minimum Gasteiger partial charge on any atom is -0.459 e. The molecule has 2 heterocycles. The summed E-state index contributed by atoms with van der Waals surface area (Å²) in [5.74, 6) is -0.390. The van der Waals surface area contributed by atoms with E-state index in [1.807, 2.05) is 0 Å². The number of hydrogen-bond donors (Lipinski definition) is 2. The van der Waals surface area contributed by atoms with Gasteiger partial charge >= 0.3 is 0 Å². The molecule has 2 amide bonds. The zero-order chi connectivity index (χ0) is 16.9. The van der Waals surface area contributed by atoms with Gasteiger partial charge in [-0.25, -0.2) is 0 Å². The third kappa shape index (κ3) is 3.19. The van der Waals surface area contributed by atoms with Crippen molar-refractivity contribution in [2.45, 2.75) is 6.54 Å². The van der Waals surface area contributed by atoms with Crippen LogP contribution in [-0.2, 0) is 6.54 Å². The standard InChI is InChI=1S/C17H16N4O3/c1-21(17(23)15-7-4-10-24-15)14-6-3-2-5-13(14)16(22)18-11-12-8-9-19-20-12/h2-10H,11H2,1H3,(H,18,22)(H,19,20). The highest BCUT2D eigenvalue weighted by Gasteiger charge is 2.21. The molecule has 0 saturated heterocycles. The molecule has 24 heavy (non-hydrogen) atoms. The number of H-pyrrole nitrogens is 1. The number of carbonyl (C=O) groups excluding carboxylic acids is 2. The topological polar surface area (TPSA) is 91.2 Å². The first kappa shape index (κ1) is 15.5. The molecule has 0 aliphatic heterocycles. The van der Waals surface area contributed by atoms with Gasteiger partial charge in [0, 0.05) is 13.2 Å². The molecule has 3 aromatic rings. The minimum absolute atomic E-state index is 0.213. The van der Waals surface area contributed by atoms with Crippen molar-refractivity contribution in [3.8, 4) is 0 Å². The van der Waals surface area contributed by atoms with Gasteiger partial charge in [0.25, 0.3) is 11.8 Å². The number of nitrogens with one attached hydrogen (secondary N) is 2. The van der Waals surface area contributed by atoms with E-state index in [1.165, 1.54) is 11.2 Å². The molecule has 0 atom stereocenters. The minimum atomic E-state index is -0.325. The third-order valence-corrected chi connectivity index (χ3v) is 3.54. The Bertz CT molecular complexity index is 825. The molecule has 2 N–H and O–H groups in total. The number of aromatic nitrogens is 2. The largest absolute Gasteiger partial charge is 0.459 e. The second kappa shape index (κ2) is 6.82. The van der Waals surface area contributed by atoms with Crippen LogP contribution in [0.1, 0.15) is 26.6 Å². The Balaban J connectivity index is 1.79. The maximum absolute atomic E-state index is 12.5. The molecule has 0 bridgehead atoms. The van der Waals surface area contributed by atoms with Crippen LogP contribution in [0, 0.1) is 0 Å². The number of benzene rings is 1. The summed E-state index contributed by atoms with van der Waals surface area (Å²) in [5.41, 5.74) is 1.70. The number of hydrogen-bond acceptors (Lipinski definition) is 4. The molecule has 1 aromatic carbocycles. The monoisotopic (exact) mass is 324 g/mol. The van der Waals surface area contributed by atoms with Gasteiger partial charge in [-0.05, 0) is 30.3 Å². The van der Waals surface area contributed by atoms with E-state index < -0.39 is 0 Å². The molecular weight excluding hydrogens is 308 g/mol. The second-order valence-electron chi connectivity index (χ2n) is 5.12. The van der Waals surface area contributed by atoms with Crippen LogP contribution in [0.5, 0.6) is 0 Å². The molecule has 0 fully saturated rings. The predicted molar refractivity (Wildman–Crippen MR) is 87.6 cm³/mol. The van der Waals surface area contributed by atoms with Gasteiger partial charge in [-0.1, -0.05) is 12.1 Å². The number of aromatic amines is 1. The number of amides is 2. The molecule has 0 spiro atoms. The fourth-order valence-electron chi connectivity index (χ4n) is 2.29. The lowest BCUT2D eigenvalue weighted by Crippen LogP contribution is -2.30. The lowest BCUT2D eigenvalue weighted by molar-refractivity contribution is 0.0950. The number of rotatable bonds is 5. The SMILES string of the molecule is CN(C(=O)c1ccco1)c1ccccc1C(=O)NCc1ccn[nH]1. The Morgan fingerprint density at radius 1 is 1.21 bits per heavy atom. The van der Waals surface area contributed by atoms with Gasteiger partial charge < -0.3 is 14.6 Å². The van der Waals surface area contributed by atoms with Crippen molar-refractivity contribution in [3.05, 3.63) is 71.9 Å². The van der Waals surface area contributed by atoms with Gasteiger partial charge in [-0.15, -0.1) is 0 Å². The van der Waals surface area contributed by atoms with Crippen LogP contribution in [0.15, 0.2) is 59.3 Å². The zero-order valence-electron chi connectivity index (χ0n) is 13.0. The lowest BCUT2D eigenvalue weighted by atomic mass is 10.1. The van der Waals surface area contributed by atoms with Gasteiger partial charge in [0.2, 0.25) is 0 Å². The smallest absolute Gasteiger partial charge is 0.293 e. The van der Waals surface area contributed by atoms with Gasteiger partial charge in [0.05, 0.1) is 29.8 Å². The van der Waals surface area contributed by atoms with Crippen LogP contribution >= 0.6 is 0 Å². The highest BCUT2D eigenvalue weighted by atomic mass is 16.3. The van der Waals surface area contributed by atoms with E-state index in [4.69, 9.17) is 4.42 Å². The fraction of sp³-hybridized carbons (Fsp3) is 0.118. The van der Waals surface area contributed by atoms with E-state index in [0.29, 0.717) is 17.8 Å². The molecule has 0 unspecified atom stereocenters. The van der Waals surface area contributed by atoms with Crippen LogP contribution in [0.2, 0.25) is 0 Å². The average Bonchev–Trinajstić information content (AvgIpc) is 3.31. The Labute approximate surface area is 138 Å². The first-order valence-electron chi connectivity index (χ1n) is 7.34. The van der Waals surface area contributed by atoms with Crippen LogP contribution in [0.3, 0.4) is 0 Å². The normalized spacial score (nSPS) is 10.4. The Kier molecular flexibility index (Phi) is 4.42. The van der Waals surface area contributed by atoms with E-state index in [0.717, 1.165) is 5.69 Å². The van der Waals surface area contributed by atoms with Crippen LogP contribution < -0.4 is 10.2 Å². The number of nitrogens with zero attached hydrogens (tertiary/aromatic N) is 2. The predicted octanol–water partition coefficient (Wildman–Crippen LogP) is 2.21. The van der Waals surface area contributed by atoms with Crippen molar-refractivity contribution in [1.82, 2.24) is 15.5 Å². The van der Waals surface area contributed by atoms with Crippen molar-refractivity contribution >= 4 is 17.5 Å². The highest BCUT2D eigenvalue weighted by molar-refractivity contribution is 6.09. The summed E-state index contributed by atoms with van der Waals surface area (Å²) in [6, 6.07) is 11.9. The Morgan fingerprint density at radius 2 is 2.04 bits per heavy atom. The summed E-state index contributed by atoms with van der Waals surface area (Å²) >= 11 is 0. The van der Waals surface area contributed by atoms with Gasteiger partial charge in [0.1, 0.15) is 0 Å². The molecule has 2 aromatic heterocycles. The number of anilines is 1. The zero-order valence-corrected chi connectivity index (χ0v) is 13.0. The summed E-state index contributed by atoms with van der Waals surface area (Å²) in [4.78, 5) is 26.3. The maximum atomic E-state index is 12.5. The molecule has 0 aliphatic rings. The van der Waals surface area contributed by atoms with Crippen LogP contribution in [0.25, 0.3) is 0 Å². The van der Waals surface area contributed by atoms with Gasteiger partial charge in [0.15, 0.2) is 5.76 Å². The van der Waals surface area contributed by atoms with Crippen molar-refractivity contribution in [1.29, 1.82) is 0 Å². The van der Waals surface area contributed by atoms with E-state index in [1.54, 1.807) is 55.7 Å². The number of para-hydroxylation sites is 1. The number of furan rings is 1. The van der Waals surface area contributed by atoms with Gasteiger partial charge in [-0.2, -0.15) is 5.10 Å². The second-order valence-corrected chi connectivity index (χ2v) is 5.12. The van der Waals surface area contributed by atoms with Crippen molar-refractivity contribution in [2.75, 3.05) is 11.9 Å². The molecule has 7 heteroatoms. The van der Waals surface area contributed by atoms with E-state index in [-0.39, 0.29) is 17.6 Å². The fourth-order valence-corrected chi connectivity index (χ4v) is 2.29. The van der Waals surface area contributed by atoms with Crippen LogP contribution in [0.4, 0.5) is 5.69 Å². The number of carbonyl (C=O) groups is 2. The highest BCUT2D eigenvalue weighted by Crippen LogP contribution is 2.21. The molecule has 7 nitrogen and oxygen atoms in total. The lowest BCUT2D eigenvalue weighted by Gasteiger charge is -2.19. The van der Waals surface area contributed by atoms with Gasteiger partial charge in [-0.3, -0.25) is 14.7 Å². The van der Waals surface area contributed by atoms with Crippen molar-refractivity contribution in [3.63, 3.8) is 0 Å². The molecule has 3 rings (SSSR count). The van der Waals surface area contributed by atoms with E-state index >= 15 is 0 Å². The van der Waals surface area contributed by atoms with Crippen molar-refractivity contribution in [2.24, 2.45) is 0 Å². The summed E-state index contributed by atoms with van der Waals surface area (Å²) in [5, 5.41) is 9.41. The van der Waals surface area contributed by atoms with Crippen molar-refractivity contribution < 1.29 is 14.0 Å². The molecule has 0 radical (unpaired) electrons. The first-order valence-corrected chi connectivity index (χ1v) is 7.34. The third-order valence-electron chi connectivity index (χ3n) is 3.54. The Morgan fingerprint density at radius 3 is 2.75 bits per heavy atom. The first-order chi connectivity index (χ1) is 11.7. The van der Waals surface area contributed by atoms with E-state index in [9.17, 15) is 9.59 Å². The summed E-state index contributed by atoms with van der Waals surface area (Å²) in [7, 11) is 1.60. The molecule has 0 aliphatic carbocycles. The molecule has 0 saturated carbocycles. The maximum Gasteiger partial charge on any atom is 0.293 e. The molecular formula is C17H16N4O3. The Hall–Kier alpha value is -3.35. The summed E-state index contributed by atoms with van der Waals surface area (Å²) in [6.07, 6.45) is 3.05. The summed E-state index contributed by atoms with van der Waals surface area (Å²) in [6.45, 7) is 0.322. The average molecular weight is 324 g/mol. The van der Waals surface area contributed by atoms with Crippen LogP contribution in [-0.4, -0.2) is 29.1 Å². The molecule has 122 valence electrons. The summed E-state index contributed by atoms with van der Waals surface area (Å²) < 4.78 is 5.13.